The third-order valence-corrected chi connectivity index (χ3v) is 7.06. The Balaban J connectivity index is 0.000000177. The van der Waals surface area contributed by atoms with Crippen LogP contribution in [0.5, 0.6) is 0 Å². The van der Waals surface area contributed by atoms with Gasteiger partial charge in [-0.15, -0.1) is 54.1 Å². The van der Waals surface area contributed by atoms with E-state index in [9.17, 15) is 0 Å². The van der Waals surface area contributed by atoms with E-state index < -0.39 is 0 Å². The zero-order valence-corrected chi connectivity index (χ0v) is 24.6. The minimum atomic E-state index is 0. The molecule has 0 atom stereocenters. The van der Waals surface area contributed by atoms with Crippen molar-refractivity contribution in [3.05, 3.63) is 126 Å². The van der Waals surface area contributed by atoms with Crippen LogP contribution in [0.25, 0.3) is 50.0 Å². The molecule has 4 nitrogen and oxygen atoms in total. The van der Waals surface area contributed by atoms with E-state index in [0.29, 0.717) is 0 Å². The van der Waals surface area contributed by atoms with Gasteiger partial charge in [-0.2, -0.15) is 0 Å². The second-order valence-electron chi connectivity index (χ2n) is 9.67. The van der Waals surface area contributed by atoms with Gasteiger partial charge >= 0.3 is 0 Å². The SMILES string of the molecule is Cc1cnc(-c2[c-]ccc3c2oc2cn4cccc4cc23)cc1C.Cc1cnc(-c2[c-]cccc2)cc1C.[Ir]. The molecule has 7 rings (SSSR count). The number of nitrogens with zero attached hydrogens (tertiary/aromatic N) is 3. The van der Waals surface area contributed by atoms with Gasteiger partial charge < -0.3 is 18.8 Å². The second kappa shape index (κ2) is 11.0. The monoisotopic (exact) mass is 686 g/mol. The third kappa shape index (κ3) is 5.16. The maximum atomic E-state index is 6.19. The van der Waals surface area contributed by atoms with Crippen molar-refractivity contribution in [1.29, 1.82) is 0 Å². The molecule has 0 bridgehead atoms. The van der Waals surface area contributed by atoms with E-state index >= 15 is 0 Å². The number of furan rings is 1. The summed E-state index contributed by atoms with van der Waals surface area (Å²) in [5.41, 5.74) is 11.6. The normalized spacial score (nSPS) is 10.9. The summed E-state index contributed by atoms with van der Waals surface area (Å²) in [7, 11) is 0. The predicted molar refractivity (Wildman–Crippen MR) is 154 cm³/mol. The fourth-order valence-electron chi connectivity index (χ4n) is 4.54. The average molecular weight is 686 g/mol. The van der Waals surface area contributed by atoms with Crippen LogP contribution in [0.15, 0.2) is 95.9 Å². The molecule has 0 saturated heterocycles. The van der Waals surface area contributed by atoms with E-state index in [1.165, 1.54) is 22.3 Å². The molecule has 39 heavy (non-hydrogen) atoms. The topological polar surface area (TPSA) is 43.3 Å². The van der Waals surface area contributed by atoms with Gasteiger partial charge in [0.2, 0.25) is 0 Å². The van der Waals surface area contributed by atoms with Gasteiger partial charge in [0.1, 0.15) is 5.58 Å². The van der Waals surface area contributed by atoms with Crippen LogP contribution in [-0.4, -0.2) is 14.4 Å². The smallest absolute Gasteiger partial charge is 0.137 e. The van der Waals surface area contributed by atoms with Gasteiger partial charge in [0.25, 0.3) is 0 Å². The van der Waals surface area contributed by atoms with Crippen LogP contribution in [0.3, 0.4) is 0 Å². The number of pyridine rings is 3. The van der Waals surface area contributed by atoms with Gasteiger partial charge in [-0.3, -0.25) is 0 Å². The molecule has 7 aromatic rings. The Kier molecular flexibility index (Phi) is 7.47. The molecule has 5 heterocycles. The summed E-state index contributed by atoms with van der Waals surface area (Å²) in [4.78, 5) is 8.96. The summed E-state index contributed by atoms with van der Waals surface area (Å²) < 4.78 is 8.27. The molecule has 0 aliphatic rings. The molecule has 0 N–H and O–H groups in total. The minimum absolute atomic E-state index is 0. The van der Waals surface area contributed by atoms with Gasteiger partial charge in [-0.25, -0.2) is 0 Å². The number of benzene rings is 2. The Hall–Kier alpha value is -4.05. The average Bonchev–Trinajstić information content (AvgIpc) is 3.55. The summed E-state index contributed by atoms with van der Waals surface area (Å²) in [5, 5.41) is 2.22. The van der Waals surface area contributed by atoms with Crippen LogP contribution in [-0.2, 0) is 20.1 Å². The van der Waals surface area contributed by atoms with E-state index in [1.54, 1.807) is 0 Å². The number of aryl methyl sites for hydroxylation is 4. The summed E-state index contributed by atoms with van der Waals surface area (Å²) in [6.07, 6.45) is 7.87. The standard InChI is InChI=1S/C21H15N2O.C13H12N.Ir/c1-13-9-19(22-11-14(13)2)17-7-3-6-16-18-10-15-5-4-8-23(15)12-20(18)24-21(16)17;1-10-8-13(14-9-11(10)2)12-6-4-3-5-7-12;/h3-6,8-12H,1-2H3;3-6,8-9H,1-2H3;/q2*-1;. The molecule has 0 aliphatic heterocycles. The first-order chi connectivity index (χ1) is 18.5. The number of hydrogen-bond donors (Lipinski definition) is 0. The van der Waals surface area contributed by atoms with Gasteiger partial charge in [0.15, 0.2) is 0 Å². The molecule has 0 spiro atoms. The molecular formula is C34H27IrN3O-2. The van der Waals surface area contributed by atoms with Crippen LogP contribution in [0.4, 0.5) is 0 Å². The van der Waals surface area contributed by atoms with Crippen LogP contribution in [0, 0.1) is 39.8 Å². The van der Waals surface area contributed by atoms with Crippen molar-refractivity contribution in [2.75, 3.05) is 0 Å². The molecule has 2 aromatic carbocycles. The molecule has 0 unspecified atom stereocenters. The molecule has 0 fully saturated rings. The predicted octanol–water partition coefficient (Wildman–Crippen LogP) is 8.48. The van der Waals surface area contributed by atoms with Crippen LogP contribution < -0.4 is 0 Å². The van der Waals surface area contributed by atoms with Gasteiger partial charge in [0.05, 0.1) is 11.8 Å². The Morgan fingerprint density at radius 1 is 0.718 bits per heavy atom. The largest absolute Gasteiger partial charge is 0.499 e. The van der Waals surface area contributed by atoms with E-state index in [-0.39, 0.29) is 20.1 Å². The molecule has 5 aromatic heterocycles. The van der Waals surface area contributed by atoms with E-state index in [4.69, 9.17) is 4.42 Å². The van der Waals surface area contributed by atoms with Crippen molar-refractivity contribution in [1.82, 2.24) is 14.4 Å². The summed E-state index contributed by atoms with van der Waals surface area (Å²) in [6, 6.07) is 28.9. The summed E-state index contributed by atoms with van der Waals surface area (Å²) >= 11 is 0. The van der Waals surface area contributed by atoms with Crippen molar-refractivity contribution in [3.8, 4) is 22.5 Å². The van der Waals surface area contributed by atoms with Crippen LogP contribution >= 0.6 is 0 Å². The zero-order valence-electron chi connectivity index (χ0n) is 22.2. The van der Waals surface area contributed by atoms with Crippen molar-refractivity contribution in [3.63, 3.8) is 0 Å². The molecule has 195 valence electrons. The fourth-order valence-corrected chi connectivity index (χ4v) is 4.54. The van der Waals surface area contributed by atoms with Gasteiger partial charge in [-0.05, 0) is 68.4 Å². The Morgan fingerprint density at radius 2 is 1.46 bits per heavy atom. The van der Waals surface area contributed by atoms with E-state index in [1.807, 2.05) is 61.2 Å². The molecule has 1 radical (unpaired) electrons. The van der Waals surface area contributed by atoms with E-state index in [2.05, 4.69) is 84.5 Å². The van der Waals surface area contributed by atoms with Crippen molar-refractivity contribution >= 4 is 27.5 Å². The molecule has 0 aliphatic carbocycles. The van der Waals surface area contributed by atoms with Gasteiger partial charge in [0, 0.05) is 49.6 Å². The van der Waals surface area contributed by atoms with Crippen LogP contribution in [0.2, 0.25) is 0 Å². The summed E-state index contributed by atoms with van der Waals surface area (Å²) in [6.45, 7) is 8.34. The fraction of sp³-hybridized carbons (Fsp3) is 0.118. The zero-order chi connectivity index (χ0) is 26.2. The molecule has 0 amide bonds. The number of rotatable bonds is 2. The summed E-state index contributed by atoms with van der Waals surface area (Å²) in [5.74, 6) is 0. The molecular weight excluding hydrogens is 659 g/mol. The second-order valence-corrected chi connectivity index (χ2v) is 9.67. The maximum absolute atomic E-state index is 6.19. The van der Waals surface area contributed by atoms with Crippen molar-refractivity contribution in [2.24, 2.45) is 0 Å². The Bertz CT molecular complexity index is 1920. The van der Waals surface area contributed by atoms with E-state index in [0.717, 1.165) is 50.0 Å². The van der Waals surface area contributed by atoms with Gasteiger partial charge in [-0.1, -0.05) is 34.2 Å². The maximum Gasteiger partial charge on any atom is 0.137 e. The quantitative estimate of drug-likeness (QED) is 0.172. The minimum Gasteiger partial charge on any atom is -0.499 e. The van der Waals surface area contributed by atoms with Crippen molar-refractivity contribution < 1.29 is 24.5 Å². The first-order valence-corrected chi connectivity index (χ1v) is 12.7. The number of aromatic nitrogens is 3. The molecule has 0 saturated carbocycles. The first kappa shape index (κ1) is 26.6. The Morgan fingerprint density at radius 3 is 2.18 bits per heavy atom. The molecule has 5 heteroatoms. The number of fused-ring (bicyclic) bond motifs is 4. The van der Waals surface area contributed by atoms with Crippen molar-refractivity contribution in [2.45, 2.75) is 27.7 Å². The third-order valence-electron chi connectivity index (χ3n) is 7.06. The van der Waals surface area contributed by atoms with Crippen LogP contribution in [0.1, 0.15) is 22.3 Å². The number of hydrogen-bond acceptors (Lipinski definition) is 3. The Labute approximate surface area is 241 Å². The first-order valence-electron chi connectivity index (χ1n) is 12.7.